The van der Waals surface area contributed by atoms with Crippen molar-refractivity contribution in [2.24, 2.45) is 0 Å². The van der Waals surface area contributed by atoms with Gasteiger partial charge in [-0.15, -0.1) is 0 Å². The van der Waals surface area contributed by atoms with Crippen molar-refractivity contribution in [3.63, 3.8) is 0 Å². The Balaban J connectivity index is 1.57. The third-order valence-electron chi connectivity index (χ3n) is 4.38. The molecule has 8 heteroatoms. The van der Waals surface area contributed by atoms with E-state index in [1.807, 2.05) is 18.2 Å². The van der Waals surface area contributed by atoms with Crippen molar-refractivity contribution in [3.8, 4) is 11.5 Å². The van der Waals surface area contributed by atoms with Crippen LogP contribution in [0.3, 0.4) is 0 Å². The summed E-state index contributed by atoms with van der Waals surface area (Å²) in [5, 5.41) is 7.18. The number of carbonyl (C=O) groups is 1. The molecule has 1 amide bonds. The van der Waals surface area contributed by atoms with E-state index in [4.69, 9.17) is 21.1 Å². The van der Waals surface area contributed by atoms with Crippen LogP contribution in [0.4, 0.5) is 10.1 Å². The maximum absolute atomic E-state index is 13.8. The zero-order chi connectivity index (χ0) is 21.5. The molecule has 0 aliphatic rings. The Hall–Kier alpha value is -3.32. The number of aryl methyl sites for hydroxylation is 2. The van der Waals surface area contributed by atoms with Crippen molar-refractivity contribution in [2.75, 3.05) is 19.5 Å². The van der Waals surface area contributed by atoms with Crippen molar-refractivity contribution in [3.05, 3.63) is 76.8 Å². The van der Waals surface area contributed by atoms with Crippen LogP contribution in [0.15, 0.2) is 54.9 Å². The summed E-state index contributed by atoms with van der Waals surface area (Å²) in [5.41, 5.74) is 1.77. The molecule has 1 aromatic heterocycles. The number of hydrogen-bond donors (Lipinski definition) is 1. The smallest absolute Gasteiger partial charge is 0.248 e. The van der Waals surface area contributed by atoms with Gasteiger partial charge in [0.1, 0.15) is 5.82 Å². The topological polar surface area (TPSA) is 65.4 Å². The van der Waals surface area contributed by atoms with Gasteiger partial charge in [-0.1, -0.05) is 23.7 Å². The zero-order valence-corrected chi connectivity index (χ0v) is 17.3. The number of ether oxygens (including phenoxy) is 2. The Labute approximate surface area is 178 Å². The van der Waals surface area contributed by atoms with E-state index in [0.29, 0.717) is 23.7 Å². The van der Waals surface area contributed by atoms with E-state index in [0.717, 1.165) is 12.0 Å². The fraction of sp³-hybridized carbons (Fsp3) is 0.182. The number of hydrogen-bond acceptors (Lipinski definition) is 4. The Morgan fingerprint density at radius 3 is 2.77 bits per heavy atom. The highest BCUT2D eigenvalue weighted by Crippen LogP contribution is 2.27. The van der Waals surface area contributed by atoms with Gasteiger partial charge in [0.2, 0.25) is 5.91 Å². The Morgan fingerprint density at radius 2 is 2.03 bits per heavy atom. The molecule has 0 fully saturated rings. The minimum atomic E-state index is -0.491. The number of halogens is 2. The van der Waals surface area contributed by atoms with E-state index in [2.05, 4.69) is 10.4 Å². The molecule has 0 atom stereocenters. The number of benzene rings is 2. The number of aromatic nitrogens is 2. The zero-order valence-electron chi connectivity index (χ0n) is 16.6. The number of nitrogens with one attached hydrogen (secondary N) is 1. The molecular formula is C22H21ClFN3O3. The monoisotopic (exact) mass is 429 g/mol. The number of nitrogens with zero attached hydrogens (tertiary/aromatic N) is 2. The number of amides is 1. The second kappa shape index (κ2) is 9.93. The summed E-state index contributed by atoms with van der Waals surface area (Å²) in [6, 6.07) is 10.1. The van der Waals surface area contributed by atoms with Crippen molar-refractivity contribution < 1.29 is 18.7 Å². The molecule has 156 valence electrons. The van der Waals surface area contributed by atoms with Gasteiger partial charge in [-0.25, -0.2) is 4.39 Å². The summed E-state index contributed by atoms with van der Waals surface area (Å²) >= 11 is 5.95. The summed E-state index contributed by atoms with van der Waals surface area (Å²) < 4.78 is 26.0. The van der Waals surface area contributed by atoms with Gasteiger partial charge < -0.3 is 14.8 Å². The minimum Gasteiger partial charge on any atom is -0.493 e. The largest absolute Gasteiger partial charge is 0.493 e. The molecule has 0 bridgehead atoms. The number of carbonyl (C=O) groups excluding carboxylic acids is 1. The molecule has 0 saturated carbocycles. The first-order chi connectivity index (χ1) is 14.5. The predicted octanol–water partition coefficient (Wildman–Crippen LogP) is 4.59. The molecule has 1 N–H and O–H groups in total. The standard InChI is InChI=1S/C22H21ClFN3O3/c1-29-20-8-6-15(12-21(20)30-2)10-11-27-14-16(13-25-27)26-22(28)9-7-17-18(23)4-3-5-19(17)24/h3-9,12-14H,10-11H2,1-2H3,(H,26,28). The van der Waals surface area contributed by atoms with E-state index in [9.17, 15) is 9.18 Å². The highest BCUT2D eigenvalue weighted by Gasteiger charge is 2.07. The van der Waals surface area contributed by atoms with Gasteiger partial charge in [0.05, 0.1) is 31.1 Å². The molecule has 0 saturated heterocycles. The van der Waals surface area contributed by atoms with Crippen LogP contribution in [0, 0.1) is 5.82 Å². The van der Waals surface area contributed by atoms with E-state index in [1.165, 1.54) is 24.3 Å². The summed E-state index contributed by atoms with van der Waals surface area (Å²) in [6.45, 7) is 0.617. The van der Waals surface area contributed by atoms with E-state index in [-0.39, 0.29) is 10.6 Å². The van der Waals surface area contributed by atoms with Gasteiger partial charge in [-0.2, -0.15) is 5.10 Å². The molecule has 30 heavy (non-hydrogen) atoms. The van der Waals surface area contributed by atoms with Crippen LogP contribution < -0.4 is 14.8 Å². The number of rotatable bonds is 8. The normalized spacial score (nSPS) is 10.9. The lowest BCUT2D eigenvalue weighted by Gasteiger charge is -2.09. The average molecular weight is 430 g/mol. The maximum Gasteiger partial charge on any atom is 0.248 e. The van der Waals surface area contributed by atoms with Crippen molar-refractivity contribution in [1.82, 2.24) is 9.78 Å². The Kier molecular flexibility index (Phi) is 7.08. The quantitative estimate of drug-likeness (QED) is 0.532. The molecule has 0 radical (unpaired) electrons. The maximum atomic E-state index is 13.8. The third-order valence-corrected chi connectivity index (χ3v) is 4.71. The highest BCUT2D eigenvalue weighted by atomic mass is 35.5. The second-order valence-electron chi connectivity index (χ2n) is 6.39. The lowest BCUT2D eigenvalue weighted by Crippen LogP contribution is -2.07. The predicted molar refractivity (Wildman–Crippen MR) is 115 cm³/mol. The minimum absolute atomic E-state index is 0.167. The molecule has 6 nitrogen and oxygen atoms in total. The molecule has 1 heterocycles. The van der Waals surface area contributed by atoms with Gasteiger partial charge in [-0.05, 0) is 42.3 Å². The van der Waals surface area contributed by atoms with Crippen LogP contribution in [0.25, 0.3) is 6.08 Å². The summed E-state index contributed by atoms with van der Waals surface area (Å²) in [6.07, 6.45) is 6.57. The molecular weight excluding hydrogens is 409 g/mol. The molecule has 0 spiro atoms. The van der Waals surface area contributed by atoms with E-state index in [1.54, 1.807) is 37.4 Å². The fourth-order valence-electron chi connectivity index (χ4n) is 2.84. The number of methoxy groups -OCH3 is 2. The van der Waals surface area contributed by atoms with Crippen molar-refractivity contribution >= 4 is 29.3 Å². The fourth-order valence-corrected chi connectivity index (χ4v) is 3.07. The molecule has 2 aromatic carbocycles. The molecule has 3 rings (SSSR count). The van der Waals surface area contributed by atoms with Crippen LogP contribution in [0.5, 0.6) is 11.5 Å². The van der Waals surface area contributed by atoms with Crippen LogP contribution in [-0.4, -0.2) is 29.9 Å². The van der Waals surface area contributed by atoms with Gasteiger partial charge >= 0.3 is 0 Å². The summed E-state index contributed by atoms with van der Waals surface area (Å²) in [4.78, 5) is 12.1. The van der Waals surface area contributed by atoms with Gasteiger partial charge in [0, 0.05) is 24.4 Å². The highest BCUT2D eigenvalue weighted by molar-refractivity contribution is 6.32. The van der Waals surface area contributed by atoms with Crippen LogP contribution in [0.2, 0.25) is 5.02 Å². The first kappa shape index (κ1) is 21.4. The molecule has 3 aromatic rings. The van der Waals surface area contributed by atoms with Gasteiger partial charge in [0.25, 0.3) is 0 Å². The van der Waals surface area contributed by atoms with Crippen LogP contribution in [-0.2, 0) is 17.8 Å². The molecule has 0 unspecified atom stereocenters. The van der Waals surface area contributed by atoms with E-state index >= 15 is 0 Å². The lowest BCUT2D eigenvalue weighted by atomic mass is 10.1. The Morgan fingerprint density at radius 1 is 1.23 bits per heavy atom. The first-order valence-electron chi connectivity index (χ1n) is 9.16. The SMILES string of the molecule is COc1ccc(CCn2cc(NC(=O)C=Cc3c(F)cccc3Cl)cn2)cc1OC. The van der Waals surface area contributed by atoms with Crippen molar-refractivity contribution in [1.29, 1.82) is 0 Å². The molecule has 0 aliphatic heterocycles. The van der Waals surface area contributed by atoms with Gasteiger partial charge in [0.15, 0.2) is 11.5 Å². The molecule has 0 aliphatic carbocycles. The van der Waals surface area contributed by atoms with Crippen LogP contribution >= 0.6 is 11.6 Å². The van der Waals surface area contributed by atoms with Crippen molar-refractivity contribution in [2.45, 2.75) is 13.0 Å². The van der Waals surface area contributed by atoms with Gasteiger partial charge in [-0.3, -0.25) is 9.48 Å². The van der Waals surface area contributed by atoms with Crippen LogP contribution in [0.1, 0.15) is 11.1 Å². The second-order valence-corrected chi connectivity index (χ2v) is 6.80. The third kappa shape index (κ3) is 5.39. The van der Waals surface area contributed by atoms with E-state index < -0.39 is 11.7 Å². The number of anilines is 1. The lowest BCUT2D eigenvalue weighted by molar-refractivity contribution is -0.111. The average Bonchev–Trinajstić information content (AvgIpc) is 3.18. The summed E-state index contributed by atoms with van der Waals surface area (Å²) in [5.74, 6) is 0.448. The Bertz CT molecular complexity index is 1050. The first-order valence-corrected chi connectivity index (χ1v) is 9.54. The summed E-state index contributed by atoms with van der Waals surface area (Å²) in [7, 11) is 3.19.